The number of ether oxygens (including phenoxy) is 1. The largest absolute Gasteiger partial charge is 0.484 e. The number of carbonyl (C=O) groups is 1. The lowest BCUT2D eigenvalue weighted by molar-refractivity contribution is -0.123. The van der Waals surface area contributed by atoms with Crippen molar-refractivity contribution < 1.29 is 26.4 Å². The molecule has 31 heavy (non-hydrogen) atoms. The van der Waals surface area contributed by atoms with Crippen LogP contribution in [0.4, 0.5) is 0 Å². The molecule has 0 aliphatic heterocycles. The van der Waals surface area contributed by atoms with E-state index in [1.807, 2.05) is 0 Å². The van der Waals surface area contributed by atoms with Gasteiger partial charge in [-0.25, -0.2) is 25.9 Å². The first kappa shape index (κ1) is 24.8. The number of sulfonamides is 2. The molecule has 2 N–H and O–H groups in total. The number of hydrogen-bond donors (Lipinski definition) is 2. The zero-order chi connectivity index (χ0) is 23.2. The van der Waals surface area contributed by atoms with Crippen LogP contribution >= 0.6 is 0 Å². The Balaban J connectivity index is 1.86. The minimum absolute atomic E-state index is 0.109. The summed E-state index contributed by atoms with van der Waals surface area (Å²) in [6, 6.07) is 11.8. The Morgan fingerprint density at radius 2 is 1.48 bits per heavy atom. The Labute approximate surface area is 183 Å². The van der Waals surface area contributed by atoms with Crippen molar-refractivity contribution >= 4 is 26.0 Å². The highest BCUT2D eigenvalue weighted by molar-refractivity contribution is 7.89. The van der Waals surface area contributed by atoms with Crippen molar-refractivity contribution in [3.05, 3.63) is 54.1 Å². The number of hydrogen-bond acceptors (Lipinski definition) is 6. The van der Waals surface area contributed by atoms with Crippen LogP contribution in [0.2, 0.25) is 0 Å². The minimum Gasteiger partial charge on any atom is -0.484 e. The Bertz CT molecular complexity index is 1090. The Morgan fingerprint density at radius 1 is 0.935 bits per heavy atom. The molecule has 0 aliphatic rings. The van der Waals surface area contributed by atoms with Crippen LogP contribution in [0.25, 0.3) is 0 Å². The van der Waals surface area contributed by atoms with Crippen LogP contribution in [0.1, 0.15) is 19.4 Å². The van der Waals surface area contributed by atoms with E-state index in [0.717, 1.165) is 9.87 Å². The Morgan fingerprint density at radius 3 is 2.00 bits per heavy atom. The predicted octanol–water partition coefficient (Wildman–Crippen LogP) is 1.32. The molecule has 0 saturated heterocycles. The van der Waals surface area contributed by atoms with Crippen LogP contribution in [0.5, 0.6) is 5.75 Å². The average Bonchev–Trinajstić information content (AvgIpc) is 2.70. The summed E-state index contributed by atoms with van der Waals surface area (Å²) in [5.41, 5.74) is 0.735. The monoisotopic (exact) mass is 469 g/mol. The maximum Gasteiger partial charge on any atom is 0.258 e. The molecule has 0 heterocycles. The third-order valence-electron chi connectivity index (χ3n) is 4.09. The molecule has 0 bridgehead atoms. The summed E-state index contributed by atoms with van der Waals surface area (Å²) >= 11 is 0. The highest BCUT2D eigenvalue weighted by Gasteiger charge is 2.17. The van der Waals surface area contributed by atoms with Gasteiger partial charge in [-0.1, -0.05) is 12.1 Å². The molecular weight excluding hydrogens is 442 g/mol. The summed E-state index contributed by atoms with van der Waals surface area (Å²) in [5.74, 6) is -0.0138. The molecule has 1 amide bonds. The van der Waals surface area contributed by atoms with Crippen LogP contribution in [-0.4, -0.2) is 53.8 Å². The molecule has 0 atom stereocenters. The number of carbonyl (C=O) groups excluding carboxylic acids is 1. The van der Waals surface area contributed by atoms with Crippen molar-refractivity contribution in [3.63, 3.8) is 0 Å². The van der Waals surface area contributed by atoms with Crippen LogP contribution in [0.3, 0.4) is 0 Å². The van der Waals surface area contributed by atoms with Gasteiger partial charge in [0.1, 0.15) is 5.75 Å². The van der Waals surface area contributed by atoms with Gasteiger partial charge in [0.15, 0.2) is 6.61 Å². The molecule has 0 unspecified atom stereocenters. The molecule has 11 heteroatoms. The SMILES string of the molecule is CC(C)NS(=O)(=O)c1ccc(OCC(=O)NCc2ccc(S(=O)(=O)N(C)C)cc2)cc1. The molecule has 0 spiro atoms. The second-order valence-corrected chi connectivity index (χ2v) is 11.1. The number of amides is 1. The molecule has 9 nitrogen and oxygen atoms in total. The lowest BCUT2D eigenvalue weighted by Crippen LogP contribution is -2.30. The van der Waals surface area contributed by atoms with Gasteiger partial charge in [-0.3, -0.25) is 4.79 Å². The van der Waals surface area contributed by atoms with Crippen LogP contribution < -0.4 is 14.8 Å². The summed E-state index contributed by atoms with van der Waals surface area (Å²) in [5, 5.41) is 2.68. The minimum atomic E-state index is -3.59. The third kappa shape index (κ3) is 7.03. The van der Waals surface area contributed by atoms with Gasteiger partial charge in [0.25, 0.3) is 5.91 Å². The van der Waals surface area contributed by atoms with Gasteiger partial charge in [0.05, 0.1) is 9.79 Å². The molecule has 0 aromatic heterocycles. The number of nitrogens with one attached hydrogen (secondary N) is 2. The van der Waals surface area contributed by atoms with Crippen LogP contribution in [0, 0.1) is 0 Å². The van der Waals surface area contributed by atoms with E-state index >= 15 is 0 Å². The fourth-order valence-electron chi connectivity index (χ4n) is 2.48. The van der Waals surface area contributed by atoms with Gasteiger partial charge in [0.2, 0.25) is 20.0 Å². The first-order valence-electron chi connectivity index (χ1n) is 9.45. The van der Waals surface area contributed by atoms with Crippen LogP contribution in [0.15, 0.2) is 58.3 Å². The fraction of sp³-hybridized carbons (Fsp3) is 0.350. The van der Waals surface area contributed by atoms with Crippen molar-refractivity contribution in [2.75, 3.05) is 20.7 Å². The fourth-order valence-corrected chi connectivity index (χ4v) is 4.64. The summed E-state index contributed by atoms with van der Waals surface area (Å²) in [6.45, 7) is 3.42. The predicted molar refractivity (Wildman–Crippen MR) is 117 cm³/mol. The summed E-state index contributed by atoms with van der Waals surface area (Å²) in [4.78, 5) is 12.3. The van der Waals surface area contributed by atoms with Crippen molar-refractivity contribution in [3.8, 4) is 5.75 Å². The number of nitrogens with zero attached hydrogens (tertiary/aromatic N) is 1. The normalized spacial score (nSPS) is 12.2. The zero-order valence-electron chi connectivity index (χ0n) is 17.8. The molecule has 2 rings (SSSR count). The van der Waals surface area contributed by atoms with Crippen LogP contribution in [-0.2, 0) is 31.4 Å². The van der Waals surface area contributed by atoms with Crippen molar-refractivity contribution in [1.82, 2.24) is 14.3 Å². The second-order valence-electron chi connectivity index (χ2n) is 7.24. The summed E-state index contributed by atoms with van der Waals surface area (Å²) < 4.78 is 57.3. The molecular formula is C20H27N3O6S2. The van der Waals surface area contributed by atoms with Crippen molar-refractivity contribution in [2.24, 2.45) is 0 Å². The highest BCUT2D eigenvalue weighted by Crippen LogP contribution is 2.16. The topological polar surface area (TPSA) is 122 Å². The standard InChI is InChI=1S/C20H27N3O6S2/c1-15(2)22-30(25,26)18-11-7-17(8-12-18)29-14-20(24)21-13-16-5-9-19(10-6-16)31(27,28)23(3)4/h5-12,15,22H,13-14H2,1-4H3,(H,21,24). The molecule has 0 fully saturated rings. The van der Waals surface area contributed by atoms with Gasteiger partial charge >= 0.3 is 0 Å². The molecule has 2 aromatic rings. The van der Waals surface area contributed by atoms with E-state index in [1.54, 1.807) is 26.0 Å². The molecule has 0 saturated carbocycles. The van der Waals surface area contributed by atoms with Gasteiger partial charge in [0, 0.05) is 26.7 Å². The number of rotatable bonds is 10. The van der Waals surface area contributed by atoms with Gasteiger partial charge in [-0.05, 0) is 55.8 Å². The quantitative estimate of drug-likeness (QED) is 0.541. The summed E-state index contributed by atoms with van der Waals surface area (Å²) in [6.07, 6.45) is 0. The molecule has 0 aliphatic carbocycles. The van der Waals surface area contributed by atoms with Crippen molar-refractivity contribution in [2.45, 2.75) is 36.2 Å². The van der Waals surface area contributed by atoms with E-state index in [-0.39, 0.29) is 34.9 Å². The average molecular weight is 470 g/mol. The second kappa shape index (κ2) is 10.2. The highest BCUT2D eigenvalue weighted by atomic mass is 32.2. The first-order chi connectivity index (χ1) is 14.4. The Kier molecular flexibility index (Phi) is 8.18. The van der Waals surface area contributed by atoms with Crippen molar-refractivity contribution in [1.29, 1.82) is 0 Å². The lowest BCUT2D eigenvalue weighted by Gasteiger charge is -2.12. The maximum absolute atomic E-state index is 12.1. The lowest BCUT2D eigenvalue weighted by atomic mass is 10.2. The number of benzene rings is 2. The molecule has 170 valence electrons. The molecule has 2 aromatic carbocycles. The first-order valence-corrected chi connectivity index (χ1v) is 12.4. The van der Waals surface area contributed by atoms with E-state index in [4.69, 9.17) is 4.74 Å². The van der Waals surface area contributed by atoms with Gasteiger partial charge in [-0.15, -0.1) is 0 Å². The zero-order valence-corrected chi connectivity index (χ0v) is 19.5. The van der Waals surface area contributed by atoms with E-state index in [2.05, 4.69) is 10.0 Å². The van der Waals surface area contributed by atoms with E-state index in [0.29, 0.717) is 5.75 Å². The van der Waals surface area contributed by atoms with Gasteiger partial charge in [-0.2, -0.15) is 0 Å². The van der Waals surface area contributed by atoms with Gasteiger partial charge < -0.3 is 10.1 Å². The molecule has 0 radical (unpaired) electrons. The Hall–Kier alpha value is -2.47. The third-order valence-corrected chi connectivity index (χ3v) is 7.59. The smallest absolute Gasteiger partial charge is 0.258 e. The maximum atomic E-state index is 12.1. The van der Waals surface area contributed by atoms with E-state index in [9.17, 15) is 21.6 Å². The van der Waals surface area contributed by atoms with E-state index in [1.165, 1.54) is 50.5 Å². The van der Waals surface area contributed by atoms with E-state index < -0.39 is 20.0 Å². The summed E-state index contributed by atoms with van der Waals surface area (Å²) in [7, 11) is -4.17.